The largest absolute Gasteiger partial charge is 0.550 e. The Balaban J connectivity index is 2.09. The summed E-state index contributed by atoms with van der Waals surface area (Å²) in [6, 6.07) is 4.92. The Labute approximate surface area is 337 Å². The molecule has 0 fully saturated rings. The molecule has 0 aromatic carbocycles. The average molecular weight is 823 g/mol. The Kier molecular flexibility index (Phi) is 13.3. The Hall–Kier alpha value is -7.64. The molecule has 0 spiro atoms. The van der Waals surface area contributed by atoms with Crippen molar-refractivity contribution < 1.29 is 79.2 Å². The van der Waals surface area contributed by atoms with Gasteiger partial charge in [-0.3, -0.25) is 0 Å². The zero-order valence-electron chi connectivity index (χ0n) is 31.2. The average Bonchev–Trinajstić information content (AvgIpc) is 3.81. The molecule has 0 radical (unpaired) electrons. The number of aromatic nitrogens is 4. The number of aliphatic carboxylic acids is 8. The van der Waals surface area contributed by atoms with Gasteiger partial charge in [-0.1, -0.05) is 0 Å². The van der Waals surface area contributed by atoms with Gasteiger partial charge >= 0.3 is 0 Å². The van der Waals surface area contributed by atoms with Gasteiger partial charge in [-0.2, -0.15) is 0 Å². The predicted octanol–water partition coefficient (Wildman–Crippen LogP) is -6.57. The maximum absolute atomic E-state index is 12.2. The van der Waals surface area contributed by atoms with Crippen molar-refractivity contribution in [2.45, 2.75) is 77.0 Å². The Bertz CT molecular complexity index is 2590. The van der Waals surface area contributed by atoms with E-state index >= 15 is 0 Å². The fourth-order valence-corrected chi connectivity index (χ4v) is 7.32. The molecule has 0 unspecified atom stereocenters. The standard InChI is InChI=1S/C40H38N4O16/c45-33(46)5-1-17-21(9-37(53)54)29-14-27-19(3-7-35(49)50)22(10-38(55)56)30(43-27)15-28-20(4-8-36(51)52)24(12-40(59)60)32(44-28)16-31-23(11-39(57)58)18(2-6-34(47)48)26(42-31)13-25(17)41-29/h13-16,41-42H,1-12H2,(H,45,46)(H,47,48)(H,49,50)(H,51,52)(H,53,54)(H,55,56)(H,57,58)(H,59,60)/p-8. The molecule has 0 saturated carbocycles. The van der Waals surface area contributed by atoms with Crippen LogP contribution in [-0.2, 0) is 64.0 Å². The zero-order chi connectivity index (χ0) is 44.0. The van der Waals surface area contributed by atoms with Gasteiger partial charge in [0, 0.05) is 95.5 Å². The minimum absolute atomic E-state index is 0.00412. The van der Waals surface area contributed by atoms with Gasteiger partial charge in [-0.15, -0.1) is 0 Å². The number of hydrogen-bond acceptors (Lipinski definition) is 18. The molecule has 3 aromatic heterocycles. The highest BCUT2D eigenvalue weighted by Crippen LogP contribution is 2.40. The summed E-state index contributed by atoms with van der Waals surface area (Å²) in [4.78, 5) is 110. The zero-order valence-corrected chi connectivity index (χ0v) is 31.2. The van der Waals surface area contributed by atoms with Crippen LogP contribution >= 0.6 is 0 Å². The minimum Gasteiger partial charge on any atom is -0.550 e. The molecule has 2 aliphatic rings. The number of carboxylic acid groups (broad SMARTS) is 8. The van der Waals surface area contributed by atoms with Crippen LogP contribution in [0.3, 0.4) is 0 Å². The summed E-state index contributed by atoms with van der Waals surface area (Å²) < 4.78 is 0. The van der Waals surface area contributed by atoms with Crippen LogP contribution in [0.4, 0.5) is 0 Å². The topological polar surface area (TPSA) is 378 Å². The summed E-state index contributed by atoms with van der Waals surface area (Å²) >= 11 is 0. The summed E-state index contributed by atoms with van der Waals surface area (Å²) in [6.07, 6.45) is -7.68. The molecule has 2 aliphatic heterocycles. The summed E-state index contributed by atoms with van der Waals surface area (Å²) in [7, 11) is 0. The number of aromatic amines is 2. The first-order valence-corrected chi connectivity index (χ1v) is 18.1. The van der Waals surface area contributed by atoms with Gasteiger partial charge < -0.3 is 89.2 Å². The van der Waals surface area contributed by atoms with Crippen LogP contribution in [0.5, 0.6) is 0 Å². The van der Waals surface area contributed by atoms with E-state index in [0.29, 0.717) is 0 Å². The number of hydrogen-bond donors (Lipinski definition) is 2. The van der Waals surface area contributed by atoms with E-state index in [-0.39, 0.29) is 102 Å². The van der Waals surface area contributed by atoms with E-state index in [1.54, 1.807) is 0 Å². The minimum atomic E-state index is -1.65. The van der Waals surface area contributed by atoms with E-state index in [0.717, 1.165) is 0 Å². The molecule has 5 rings (SSSR count). The molecule has 0 saturated heterocycles. The maximum Gasteiger partial charge on any atom is 0.0697 e. The number of carbonyl (C=O) groups excluding carboxylic acids is 8. The van der Waals surface area contributed by atoms with Crippen molar-refractivity contribution in [2.75, 3.05) is 0 Å². The van der Waals surface area contributed by atoms with Crippen LogP contribution < -0.4 is 40.9 Å². The number of nitrogens with one attached hydrogen (secondary N) is 2. The molecular weight excluding hydrogens is 792 g/mol. The second-order valence-electron chi connectivity index (χ2n) is 13.8. The molecule has 2 N–H and O–H groups in total. The monoisotopic (exact) mass is 822 g/mol. The van der Waals surface area contributed by atoms with Gasteiger partial charge in [0.15, 0.2) is 0 Å². The Morgan fingerprint density at radius 2 is 0.650 bits per heavy atom. The van der Waals surface area contributed by atoms with Gasteiger partial charge in [0.05, 0.1) is 22.8 Å². The smallest absolute Gasteiger partial charge is 0.0697 e. The Morgan fingerprint density at radius 3 is 1.00 bits per heavy atom. The first-order valence-electron chi connectivity index (χ1n) is 18.1. The molecule has 5 heterocycles. The van der Waals surface area contributed by atoms with Crippen molar-refractivity contribution in [2.24, 2.45) is 0 Å². The number of nitrogens with zero attached hydrogens (tertiary/aromatic N) is 2. The molecule has 8 bridgehead atoms. The number of carbonyl (C=O) groups is 8. The van der Waals surface area contributed by atoms with Crippen LogP contribution in [-0.4, -0.2) is 67.7 Å². The number of rotatable bonds is 20. The first-order chi connectivity index (χ1) is 28.3. The summed E-state index contributed by atoms with van der Waals surface area (Å²) in [5.41, 5.74) is -1.04. The van der Waals surface area contributed by atoms with E-state index in [9.17, 15) is 79.2 Å². The quantitative estimate of drug-likeness (QED) is 0.107. The number of aryl methyl sites for hydroxylation is 2. The van der Waals surface area contributed by atoms with Crippen molar-refractivity contribution in [1.29, 1.82) is 0 Å². The van der Waals surface area contributed by atoms with Crippen LogP contribution in [0.25, 0.3) is 44.4 Å². The van der Waals surface area contributed by atoms with Gasteiger partial charge in [-0.05, 0) is 120 Å². The third kappa shape index (κ3) is 10.4. The first kappa shape index (κ1) is 43.5. The lowest BCUT2D eigenvalue weighted by Gasteiger charge is -2.11. The molecule has 3 aromatic rings. The van der Waals surface area contributed by atoms with Crippen LogP contribution in [0.15, 0.2) is 24.3 Å². The van der Waals surface area contributed by atoms with E-state index < -0.39 is 112 Å². The van der Waals surface area contributed by atoms with Crippen molar-refractivity contribution in [3.8, 4) is 0 Å². The maximum atomic E-state index is 12.2. The highest BCUT2D eigenvalue weighted by atomic mass is 16.4. The summed E-state index contributed by atoms with van der Waals surface area (Å²) in [5, 5.41) is 95.3. The highest BCUT2D eigenvalue weighted by molar-refractivity contribution is 6.02. The summed E-state index contributed by atoms with van der Waals surface area (Å²) in [5.74, 6) is -12.7. The number of fused-ring (bicyclic) bond motifs is 8. The van der Waals surface area contributed by atoms with E-state index in [2.05, 4.69) is 19.9 Å². The van der Waals surface area contributed by atoms with Gasteiger partial charge in [0.1, 0.15) is 0 Å². The van der Waals surface area contributed by atoms with Crippen molar-refractivity contribution in [3.05, 3.63) is 69.3 Å². The summed E-state index contributed by atoms with van der Waals surface area (Å²) in [6.45, 7) is 0. The Morgan fingerprint density at radius 1 is 0.350 bits per heavy atom. The fraction of sp³-hybridized carbons (Fsp3) is 0.300. The molecule has 20 heteroatoms. The molecule has 0 amide bonds. The normalized spacial score (nSPS) is 12.4. The lowest BCUT2D eigenvalue weighted by atomic mass is 9.95. The molecule has 20 nitrogen and oxygen atoms in total. The molecule has 0 aliphatic carbocycles. The van der Waals surface area contributed by atoms with E-state index in [4.69, 9.17) is 0 Å². The second kappa shape index (κ2) is 18.3. The van der Waals surface area contributed by atoms with Crippen LogP contribution in [0, 0.1) is 0 Å². The van der Waals surface area contributed by atoms with Crippen LogP contribution in [0.2, 0.25) is 0 Å². The van der Waals surface area contributed by atoms with Gasteiger partial charge in [0.25, 0.3) is 0 Å². The van der Waals surface area contributed by atoms with Gasteiger partial charge in [0.2, 0.25) is 0 Å². The van der Waals surface area contributed by atoms with Gasteiger partial charge in [-0.25, -0.2) is 9.97 Å². The van der Waals surface area contributed by atoms with E-state index in [1.807, 2.05) is 0 Å². The van der Waals surface area contributed by atoms with Crippen molar-refractivity contribution in [3.63, 3.8) is 0 Å². The highest BCUT2D eigenvalue weighted by Gasteiger charge is 2.26. The SMILES string of the molecule is O=C([O-])CCC1=C(CC(=O)[O-])c2cc3nc(cc4[nH]c(cc5[nH]c(cc1n2)c(CC(=O)[O-])c5CCC(=O)[O-])c(CCC(=O)[O-])c4CC(=O)[O-])C(CC(=O)[O-])=C3CCC(=O)[O-]. The lowest BCUT2D eigenvalue weighted by Crippen LogP contribution is -2.25. The molecule has 0 atom stereocenters. The van der Waals surface area contributed by atoms with Crippen LogP contribution in [0.1, 0.15) is 96.4 Å². The number of carboxylic acids is 8. The molecular formula is C40H30N4O16-8. The van der Waals surface area contributed by atoms with E-state index in [1.165, 1.54) is 24.3 Å². The molecule has 60 heavy (non-hydrogen) atoms. The van der Waals surface area contributed by atoms with Crippen molar-refractivity contribution in [1.82, 2.24) is 19.9 Å². The third-order valence-electron chi connectivity index (χ3n) is 9.74. The fourth-order valence-electron chi connectivity index (χ4n) is 7.32. The number of H-pyrrole nitrogens is 2. The number of allylic oxidation sites excluding steroid dienone is 2. The lowest BCUT2D eigenvalue weighted by molar-refractivity contribution is -0.307. The predicted molar refractivity (Wildman–Crippen MR) is 186 cm³/mol. The molecule has 314 valence electrons. The third-order valence-corrected chi connectivity index (χ3v) is 9.74. The second-order valence-corrected chi connectivity index (χ2v) is 13.8. The van der Waals surface area contributed by atoms with Crippen molar-refractivity contribution >= 4 is 92.1 Å².